The van der Waals surface area contributed by atoms with Gasteiger partial charge in [-0.1, -0.05) is 55.5 Å². The Hall–Kier alpha value is -2.06. The van der Waals surface area contributed by atoms with Gasteiger partial charge in [0, 0.05) is 24.8 Å². The number of hydrogen-bond donors (Lipinski definition) is 3. The number of nitrogens with one attached hydrogen (secondary N) is 3. The summed E-state index contributed by atoms with van der Waals surface area (Å²) in [5, 5.41) is 7.94. The number of para-hydroxylation sites is 1. The largest absolute Gasteiger partial charge is 0.376 e. The fourth-order valence-electron chi connectivity index (χ4n) is 2.91. The van der Waals surface area contributed by atoms with Crippen LogP contribution in [0.15, 0.2) is 65.7 Å². The zero-order valence-electron chi connectivity index (χ0n) is 16.4. The summed E-state index contributed by atoms with van der Waals surface area (Å²) in [6.45, 7) is 5.04. The van der Waals surface area contributed by atoms with Crippen LogP contribution in [0.25, 0.3) is 10.9 Å². The Labute approximate surface area is 184 Å². The summed E-state index contributed by atoms with van der Waals surface area (Å²) in [6, 6.07) is 20.7. The monoisotopic (exact) mass is 492 g/mol. The quantitative estimate of drug-likeness (QED) is 0.250. The molecule has 2 aromatic carbocycles. The van der Waals surface area contributed by atoms with Crippen LogP contribution in [0.1, 0.15) is 18.2 Å². The Bertz CT molecular complexity index is 830. The molecule has 0 fully saturated rings. The highest BCUT2D eigenvalue weighted by Gasteiger charge is 2.06. The molecule has 3 rings (SSSR count). The average molecular weight is 492 g/mol. The van der Waals surface area contributed by atoms with Gasteiger partial charge in [0.15, 0.2) is 5.96 Å². The highest BCUT2D eigenvalue weighted by Crippen LogP contribution is 2.14. The second-order valence-corrected chi connectivity index (χ2v) is 6.79. The van der Waals surface area contributed by atoms with Crippen LogP contribution in [0.5, 0.6) is 0 Å². The van der Waals surface area contributed by atoms with E-state index < -0.39 is 0 Å². The minimum absolute atomic E-state index is 0. The molecule has 5 nitrogen and oxygen atoms in total. The zero-order chi connectivity index (χ0) is 18.9. The summed E-state index contributed by atoms with van der Waals surface area (Å²) < 4.78 is 5.81. The predicted molar refractivity (Wildman–Crippen MR) is 127 cm³/mol. The third-order valence-electron chi connectivity index (χ3n) is 4.39. The Morgan fingerprint density at radius 1 is 1.07 bits per heavy atom. The van der Waals surface area contributed by atoms with Gasteiger partial charge in [-0.05, 0) is 29.0 Å². The Morgan fingerprint density at radius 3 is 2.57 bits per heavy atom. The van der Waals surface area contributed by atoms with Gasteiger partial charge in [-0.25, -0.2) is 0 Å². The molecular weight excluding hydrogens is 463 g/mol. The van der Waals surface area contributed by atoms with E-state index in [2.05, 4.69) is 63.9 Å². The van der Waals surface area contributed by atoms with Gasteiger partial charge in [0.2, 0.25) is 0 Å². The Morgan fingerprint density at radius 2 is 1.82 bits per heavy atom. The van der Waals surface area contributed by atoms with Crippen LogP contribution < -0.4 is 10.6 Å². The van der Waals surface area contributed by atoms with Crippen molar-refractivity contribution in [2.45, 2.75) is 20.1 Å². The number of nitrogens with zero attached hydrogens (tertiary/aromatic N) is 1. The number of benzene rings is 2. The van der Waals surface area contributed by atoms with Crippen molar-refractivity contribution < 1.29 is 4.74 Å². The van der Waals surface area contributed by atoms with Crippen molar-refractivity contribution in [2.75, 3.05) is 20.2 Å². The fraction of sp³-hybridized carbons (Fsp3) is 0.318. The van der Waals surface area contributed by atoms with E-state index in [0.717, 1.165) is 23.7 Å². The van der Waals surface area contributed by atoms with Gasteiger partial charge >= 0.3 is 0 Å². The van der Waals surface area contributed by atoms with Gasteiger partial charge in [-0.15, -0.1) is 24.0 Å². The van der Waals surface area contributed by atoms with Gasteiger partial charge in [-0.2, -0.15) is 0 Å². The first kappa shape index (κ1) is 22.2. The van der Waals surface area contributed by atoms with Crippen molar-refractivity contribution in [1.29, 1.82) is 0 Å². The van der Waals surface area contributed by atoms with Crippen molar-refractivity contribution >= 4 is 40.8 Å². The number of guanidine groups is 1. The summed E-state index contributed by atoms with van der Waals surface area (Å²) in [7, 11) is 1.79. The summed E-state index contributed by atoms with van der Waals surface area (Å²) in [6.07, 6.45) is 0. The van der Waals surface area contributed by atoms with Crippen LogP contribution in [0.3, 0.4) is 0 Å². The third-order valence-corrected chi connectivity index (χ3v) is 4.39. The molecule has 0 spiro atoms. The number of ether oxygens (including phenoxy) is 1. The standard InChI is InChI=1S/C22H28N4O.HI/c1-17(15-27-16-18-8-4-3-5-9-18)13-24-22(23-2)25-14-20-12-19-10-6-7-11-21(19)26-20;/h3-12,17,26H,13-16H2,1-2H3,(H2,23,24,25);1H. The number of aromatic amines is 1. The third kappa shape index (κ3) is 6.83. The average Bonchev–Trinajstić information content (AvgIpc) is 3.12. The lowest BCUT2D eigenvalue weighted by atomic mass is 10.2. The lowest BCUT2D eigenvalue weighted by Crippen LogP contribution is -2.39. The summed E-state index contributed by atoms with van der Waals surface area (Å²) in [5.41, 5.74) is 3.49. The molecule has 0 amide bonds. The van der Waals surface area contributed by atoms with Crippen molar-refractivity contribution in [3.05, 3.63) is 71.9 Å². The van der Waals surface area contributed by atoms with E-state index in [1.807, 2.05) is 24.3 Å². The second kappa shape index (κ2) is 11.7. The molecular formula is C22H29IN4O. The van der Waals surface area contributed by atoms with Crippen molar-refractivity contribution in [3.63, 3.8) is 0 Å². The van der Waals surface area contributed by atoms with Crippen LogP contribution in [0.2, 0.25) is 0 Å². The van der Waals surface area contributed by atoms with E-state index >= 15 is 0 Å². The molecule has 1 atom stereocenters. The zero-order valence-corrected chi connectivity index (χ0v) is 18.8. The molecule has 1 heterocycles. The SMILES string of the molecule is CN=C(NCc1cc2ccccc2[nH]1)NCC(C)COCc1ccccc1.I. The molecule has 0 bridgehead atoms. The summed E-state index contributed by atoms with van der Waals surface area (Å²) in [5.74, 6) is 1.18. The number of fused-ring (bicyclic) bond motifs is 1. The maximum Gasteiger partial charge on any atom is 0.191 e. The maximum absolute atomic E-state index is 5.81. The number of aromatic nitrogens is 1. The molecule has 0 saturated carbocycles. The smallest absolute Gasteiger partial charge is 0.191 e. The predicted octanol–water partition coefficient (Wildman–Crippen LogP) is 4.30. The topological polar surface area (TPSA) is 61.4 Å². The minimum atomic E-state index is 0. The fourth-order valence-corrected chi connectivity index (χ4v) is 2.91. The molecule has 1 aromatic heterocycles. The lowest BCUT2D eigenvalue weighted by Gasteiger charge is -2.16. The Balaban J connectivity index is 0.00000280. The van der Waals surface area contributed by atoms with Gasteiger partial charge in [0.25, 0.3) is 0 Å². The van der Waals surface area contributed by atoms with Gasteiger partial charge < -0.3 is 20.4 Å². The lowest BCUT2D eigenvalue weighted by molar-refractivity contribution is 0.0931. The number of H-pyrrole nitrogens is 1. The molecule has 0 aliphatic carbocycles. The van der Waals surface area contributed by atoms with E-state index in [0.29, 0.717) is 25.7 Å². The molecule has 1 unspecified atom stereocenters. The highest BCUT2D eigenvalue weighted by atomic mass is 127. The van der Waals surface area contributed by atoms with E-state index in [9.17, 15) is 0 Å². The first-order valence-electron chi connectivity index (χ1n) is 9.37. The van der Waals surface area contributed by atoms with Gasteiger partial charge in [0.05, 0.1) is 19.8 Å². The molecule has 6 heteroatoms. The molecule has 0 radical (unpaired) electrons. The minimum Gasteiger partial charge on any atom is -0.376 e. The number of rotatable bonds is 8. The van der Waals surface area contributed by atoms with Crippen molar-refractivity contribution in [2.24, 2.45) is 10.9 Å². The van der Waals surface area contributed by atoms with Crippen LogP contribution in [-0.2, 0) is 17.9 Å². The molecule has 3 aromatic rings. The van der Waals surface area contributed by atoms with Gasteiger partial charge in [0.1, 0.15) is 0 Å². The molecule has 0 saturated heterocycles. The van der Waals surface area contributed by atoms with E-state index in [4.69, 9.17) is 4.74 Å². The first-order valence-corrected chi connectivity index (χ1v) is 9.37. The van der Waals surface area contributed by atoms with E-state index in [1.54, 1.807) is 7.05 Å². The Kier molecular flexibility index (Phi) is 9.30. The summed E-state index contributed by atoms with van der Waals surface area (Å²) in [4.78, 5) is 7.71. The first-order chi connectivity index (χ1) is 13.2. The van der Waals surface area contributed by atoms with E-state index in [-0.39, 0.29) is 24.0 Å². The number of aliphatic imine (C=N–C) groups is 1. The second-order valence-electron chi connectivity index (χ2n) is 6.79. The molecule has 0 aliphatic heterocycles. The maximum atomic E-state index is 5.81. The normalized spacial score (nSPS) is 12.4. The number of halogens is 1. The van der Waals surface area contributed by atoms with Crippen molar-refractivity contribution in [3.8, 4) is 0 Å². The molecule has 3 N–H and O–H groups in total. The van der Waals surface area contributed by atoms with Crippen LogP contribution in [0.4, 0.5) is 0 Å². The molecule has 150 valence electrons. The summed E-state index contributed by atoms with van der Waals surface area (Å²) >= 11 is 0. The van der Waals surface area contributed by atoms with E-state index in [1.165, 1.54) is 10.9 Å². The van der Waals surface area contributed by atoms with Gasteiger partial charge in [-0.3, -0.25) is 4.99 Å². The highest BCUT2D eigenvalue weighted by molar-refractivity contribution is 14.0. The molecule has 28 heavy (non-hydrogen) atoms. The van der Waals surface area contributed by atoms with Crippen LogP contribution in [-0.4, -0.2) is 31.1 Å². The number of hydrogen-bond acceptors (Lipinski definition) is 2. The van der Waals surface area contributed by atoms with Crippen LogP contribution >= 0.6 is 24.0 Å². The molecule has 0 aliphatic rings. The van der Waals surface area contributed by atoms with Crippen molar-refractivity contribution in [1.82, 2.24) is 15.6 Å². The van der Waals surface area contributed by atoms with Crippen LogP contribution in [0, 0.1) is 5.92 Å².